The minimum Gasteiger partial charge on any atom is -0.425 e. The van der Waals surface area contributed by atoms with E-state index in [9.17, 15) is 4.39 Å². The summed E-state index contributed by atoms with van der Waals surface area (Å²) in [5.41, 5.74) is 6.69. The van der Waals surface area contributed by atoms with Crippen molar-refractivity contribution in [1.29, 1.82) is 0 Å². The second kappa shape index (κ2) is 5.05. The minimum atomic E-state index is -0.244. The molecule has 1 atom stereocenters. The molecule has 17 heavy (non-hydrogen) atoms. The first-order chi connectivity index (χ1) is 8.19. The summed E-state index contributed by atoms with van der Waals surface area (Å²) in [6.45, 7) is 2.15. The Morgan fingerprint density at radius 3 is 2.53 bits per heavy atom. The largest absolute Gasteiger partial charge is 0.425 e. The van der Waals surface area contributed by atoms with Crippen LogP contribution in [0.4, 0.5) is 4.39 Å². The summed E-state index contributed by atoms with van der Waals surface area (Å²) < 4.78 is 18.1. The lowest BCUT2D eigenvalue weighted by molar-refractivity contribution is 0.427. The van der Waals surface area contributed by atoms with Crippen molar-refractivity contribution in [3.63, 3.8) is 0 Å². The molecule has 1 unspecified atom stereocenters. The Balaban J connectivity index is 2.12. The zero-order valence-corrected chi connectivity index (χ0v) is 9.56. The van der Waals surface area contributed by atoms with Crippen LogP contribution in [0.25, 0.3) is 0 Å². The fourth-order valence-electron chi connectivity index (χ4n) is 1.65. The number of nitrogens with two attached hydrogens (primary N) is 1. The van der Waals surface area contributed by atoms with E-state index in [1.54, 1.807) is 19.1 Å². The monoisotopic (exact) mass is 235 g/mol. The first-order valence-corrected chi connectivity index (χ1v) is 5.43. The van der Waals surface area contributed by atoms with Crippen LogP contribution in [0.2, 0.25) is 0 Å². The third-order valence-corrected chi connectivity index (χ3v) is 2.57. The van der Waals surface area contributed by atoms with Crippen LogP contribution in [0.1, 0.15) is 23.3 Å². The van der Waals surface area contributed by atoms with Crippen LogP contribution >= 0.6 is 0 Å². The Bertz CT molecular complexity index is 481. The molecular weight excluding hydrogens is 221 g/mol. The molecule has 4 nitrogen and oxygen atoms in total. The van der Waals surface area contributed by atoms with Crippen molar-refractivity contribution >= 4 is 0 Å². The van der Waals surface area contributed by atoms with Crippen LogP contribution in [0.5, 0.6) is 0 Å². The molecule has 2 N–H and O–H groups in total. The zero-order chi connectivity index (χ0) is 12.3. The molecule has 1 heterocycles. The van der Waals surface area contributed by atoms with Gasteiger partial charge >= 0.3 is 0 Å². The SMILES string of the molecule is Cc1nnc(C(CN)Cc2ccc(F)cc2)o1. The minimum absolute atomic E-state index is 0.0262. The van der Waals surface area contributed by atoms with E-state index in [2.05, 4.69) is 10.2 Å². The number of benzene rings is 1. The van der Waals surface area contributed by atoms with Gasteiger partial charge in [0.05, 0.1) is 5.92 Å². The Morgan fingerprint density at radius 2 is 2.00 bits per heavy atom. The first-order valence-electron chi connectivity index (χ1n) is 5.43. The third kappa shape index (κ3) is 2.88. The first kappa shape index (κ1) is 11.7. The maximum Gasteiger partial charge on any atom is 0.221 e. The Hall–Kier alpha value is -1.75. The van der Waals surface area contributed by atoms with Gasteiger partial charge in [-0.15, -0.1) is 10.2 Å². The summed E-state index contributed by atoms with van der Waals surface area (Å²) in [5, 5.41) is 7.74. The van der Waals surface area contributed by atoms with Gasteiger partial charge < -0.3 is 10.2 Å². The summed E-state index contributed by atoms with van der Waals surface area (Å²) >= 11 is 0. The lowest BCUT2D eigenvalue weighted by Gasteiger charge is -2.10. The molecule has 5 heteroatoms. The standard InChI is InChI=1S/C12H14FN3O/c1-8-15-16-12(17-8)10(7-14)6-9-2-4-11(13)5-3-9/h2-5,10H,6-7,14H2,1H3. The molecule has 0 saturated carbocycles. The second-order valence-corrected chi connectivity index (χ2v) is 3.92. The smallest absolute Gasteiger partial charge is 0.221 e. The van der Waals surface area contributed by atoms with Crippen molar-refractivity contribution in [3.05, 3.63) is 47.4 Å². The highest BCUT2D eigenvalue weighted by Gasteiger charge is 2.16. The van der Waals surface area contributed by atoms with E-state index in [1.807, 2.05) is 0 Å². The van der Waals surface area contributed by atoms with Gasteiger partial charge in [-0.2, -0.15) is 0 Å². The predicted molar refractivity (Wildman–Crippen MR) is 60.9 cm³/mol. The van der Waals surface area contributed by atoms with E-state index in [1.165, 1.54) is 12.1 Å². The van der Waals surface area contributed by atoms with Gasteiger partial charge in [0.25, 0.3) is 0 Å². The normalized spacial score (nSPS) is 12.6. The highest BCUT2D eigenvalue weighted by Crippen LogP contribution is 2.18. The van der Waals surface area contributed by atoms with Crippen LogP contribution in [0.15, 0.2) is 28.7 Å². The average molecular weight is 235 g/mol. The topological polar surface area (TPSA) is 64.9 Å². The number of hydrogen-bond acceptors (Lipinski definition) is 4. The van der Waals surface area contributed by atoms with Gasteiger partial charge in [0.1, 0.15) is 5.82 Å². The molecule has 0 radical (unpaired) electrons. The predicted octanol–water partition coefficient (Wildman–Crippen LogP) is 1.80. The Kier molecular flexibility index (Phi) is 3.49. The van der Waals surface area contributed by atoms with Gasteiger partial charge in [0, 0.05) is 13.5 Å². The van der Waals surface area contributed by atoms with Gasteiger partial charge in [-0.05, 0) is 24.1 Å². The van der Waals surface area contributed by atoms with Gasteiger partial charge in [-0.1, -0.05) is 12.1 Å². The van der Waals surface area contributed by atoms with E-state index in [4.69, 9.17) is 10.2 Å². The maximum atomic E-state index is 12.8. The van der Waals surface area contributed by atoms with Crippen LogP contribution in [-0.4, -0.2) is 16.7 Å². The molecule has 0 aliphatic carbocycles. The number of aromatic nitrogens is 2. The molecule has 90 valence electrons. The molecule has 0 amide bonds. The van der Waals surface area contributed by atoms with Crippen molar-refractivity contribution < 1.29 is 8.81 Å². The van der Waals surface area contributed by atoms with E-state index < -0.39 is 0 Å². The van der Waals surface area contributed by atoms with Crippen LogP contribution in [0.3, 0.4) is 0 Å². The van der Waals surface area contributed by atoms with Gasteiger partial charge in [0.15, 0.2) is 0 Å². The summed E-state index contributed by atoms with van der Waals surface area (Å²) in [5.74, 6) is 0.792. The molecule has 1 aromatic carbocycles. The third-order valence-electron chi connectivity index (χ3n) is 2.57. The Labute approximate surface area is 98.7 Å². The molecule has 0 spiro atoms. The average Bonchev–Trinajstić information content (AvgIpc) is 2.75. The Morgan fingerprint density at radius 1 is 1.29 bits per heavy atom. The highest BCUT2D eigenvalue weighted by molar-refractivity contribution is 5.18. The molecule has 2 aromatic rings. The summed E-state index contributed by atoms with van der Waals surface area (Å²) in [7, 11) is 0. The van der Waals surface area contributed by atoms with E-state index in [-0.39, 0.29) is 11.7 Å². The van der Waals surface area contributed by atoms with E-state index in [0.717, 1.165) is 5.56 Å². The number of rotatable bonds is 4. The maximum absolute atomic E-state index is 12.8. The number of aryl methyl sites for hydroxylation is 1. The van der Waals surface area contributed by atoms with Crippen LogP contribution in [-0.2, 0) is 6.42 Å². The van der Waals surface area contributed by atoms with E-state index >= 15 is 0 Å². The van der Waals surface area contributed by atoms with Crippen molar-refractivity contribution in [3.8, 4) is 0 Å². The molecular formula is C12H14FN3O. The fraction of sp³-hybridized carbons (Fsp3) is 0.333. The van der Waals surface area contributed by atoms with Crippen molar-refractivity contribution in [1.82, 2.24) is 10.2 Å². The number of nitrogens with zero attached hydrogens (tertiary/aromatic N) is 2. The van der Waals surface area contributed by atoms with Gasteiger partial charge in [0.2, 0.25) is 11.8 Å². The quantitative estimate of drug-likeness (QED) is 0.877. The summed E-state index contributed by atoms with van der Waals surface area (Å²) in [6, 6.07) is 6.34. The van der Waals surface area contributed by atoms with Gasteiger partial charge in [-0.25, -0.2) is 4.39 Å². The van der Waals surface area contributed by atoms with Crippen LogP contribution in [0, 0.1) is 12.7 Å². The van der Waals surface area contributed by atoms with E-state index in [0.29, 0.717) is 24.7 Å². The van der Waals surface area contributed by atoms with Gasteiger partial charge in [-0.3, -0.25) is 0 Å². The molecule has 0 aliphatic heterocycles. The summed E-state index contributed by atoms with van der Waals surface area (Å²) in [6.07, 6.45) is 0.665. The molecule has 0 bridgehead atoms. The number of hydrogen-bond donors (Lipinski definition) is 1. The second-order valence-electron chi connectivity index (χ2n) is 3.92. The number of halogens is 1. The van der Waals surface area contributed by atoms with Crippen molar-refractivity contribution in [2.75, 3.05) is 6.54 Å². The van der Waals surface area contributed by atoms with Crippen molar-refractivity contribution in [2.24, 2.45) is 5.73 Å². The van der Waals surface area contributed by atoms with Crippen molar-refractivity contribution in [2.45, 2.75) is 19.3 Å². The zero-order valence-electron chi connectivity index (χ0n) is 9.56. The highest BCUT2D eigenvalue weighted by atomic mass is 19.1. The molecule has 0 aliphatic rings. The molecule has 1 aromatic heterocycles. The fourth-order valence-corrected chi connectivity index (χ4v) is 1.65. The molecule has 2 rings (SSSR count). The summed E-state index contributed by atoms with van der Waals surface area (Å²) in [4.78, 5) is 0. The molecule has 0 fully saturated rings. The lowest BCUT2D eigenvalue weighted by Crippen LogP contribution is -2.15. The van der Waals surface area contributed by atoms with Crippen LogP contribution < -0.4 is 5.73 Å². The lowest BCUT2D eigenvalue weighted by atomic mass is 9.99. The molecule has 0 saturated heterocycles.